The van der Waals surface area contributed by atoms with Crippen LogP contribution < -0.4 is 0 Å². The van der Waals surface area contributed by atoms with Crippen LogP contribution in [0.1, 0.15) is 81.1 Å². The van der Waals surface area contributed by atoms with Crippen LogP contribution in [0.5, 0.6) is 0 Å². The van der Waals surface area contributed by atoms with Gasteiger partial charge < -0.3 is 14.9 Å². The van der Waals surface area contributed by atoms with Crippen molar-refractivity contribution in [3.05, 3.63) is 51.3 Å². The summed E-state index contributed by atoms with van der Waals surface area (Å²) in [5.74, 6) is 2.03. The molecule has 25 heavy (non-hydrogen) atoms. The first-order valence-electron chi connectivity index (χ1n) is 8.79. The van der Waals surface area contributed by atoms with Gasteiger partial charge in [0.2, 0.25) is 0 Å². The molecule has 0 aliphatic heterocycles. The largest absolute Gasteiger partial charge is 0.358 e. The quantitative estimate of drug-likeness (QED) is 0.272. The van der Waals surface area contributed by atoms with E-state index in [1.165, 1.54) is 25.7 Å². The van der Waals surface area contributed by atoms with Gasteiger partial charge in [-0.05, 0) is 18.3 Å². The molecule has 3 radical (unpaired) electrons. The Morgan fingerprint density at radius 3 is 0.840 bits per heavy atom. The van der Waals surface area contributed by atoms with Gasteiger partial charge in [0.15, 0.2) is 0 Å². The number of benzene rings is 1. The normalized spacial score (nSPS) is 15.4. The number of hydrogen-bond donors (Lipinski definition) is 0. The summed E-state index contributed by atoms with van der Waals surface area (Å²) in [6.07, 6.45) is 5.90. The van der Waals surface area contributed by atoms with Gasteiger partial charge >= 0.3 is 0 Å². The molecule has 0 saturated heterocycles. The van der Waals surface area contributed by atoms with Crippen molar-refractivity contribution >= 4 is 0 Å². The van der Waals surface area contributed by atoms with Crippen molar-refractivity contribution < 1.29 is 98.1 Å². The second kappa shape index (κ2) is 50.4. The van der Waals surface area contributed by atoms with Crippen molar-refractivity contribution in [1.82, 2.24) is 0 Å². The topological polar surface area (TPSA) is 0 Å². The van der Waals surface area contributed by atoms with Gasteiger partial charge in [0.1, 0.15) is 0 Å². The van der Waals surface area contributed by atoms with E-state index in [1.54, 1.807) is 0 Å². The monoisotopic (exact) mass is 577 g/mol. The molecule has 0 unspecified atom stereocenters. The SMILES string of the molecule is CC.CC.CC.C[C@@H]1CCC[C@H](C)C1.[CH3-].[CH3-].[Y].[Y].[Y].c1ccccc1. The van der Waals surface area contributed by atoms with E-state index in [2.05, 4.69) is 13.8 Å². The summed E-state index contributed by atoms with van der Waals surface area (Å²) in [6.45, 7) is 16.7. The Bertz CT molecular complexity index is 193. The number of hydrogen-bond acceptors (Lipinski definition) is 0. The maximum Gasteiger partial charge on any atom is 0 e. The third-order valence-electron chi connectivity index (χ3n) is 2.87. The maximum atomic E-state index is 2.37. The van der Waals surface area contributed by atoms with Crippen molar-refractivity contribution in [1.29, 1.82) is 0 Å². The third kappa shape index (κ3) is 46.5. The Kier molecular flexibility index (Phi) is 102. The molecule has 1 fully saturated rings. The van der Waals surface area contributed by atoms with Gasteiger partial charge in [-0.3, -0.25) is 0 Å². The smallest absolute Gasteiger partial charge is 0 e. The van der Waals surface area contributed by atoms with Gasteiger partial charge in [-0.15, -0.1) is 0 Å². The molecule has 2 atom stereocenters. The maximum absolute atomic E-state index is 2.37. The predicted octanol–water partition coefficient (Wildman–Crippen LogP) is 8.49. The second-order valence-corrected chi connectivity index (χ2v) is 4.53. The van der Waals surface area contributed by atoms with E-state index in [9.17, 15) is 0 Å². The molecule has 0 amide bonds. The minimum absolute atomic E-state index is 0. The molecule has 2 rings (SSSR count). The first-order chi connectivity index (χ1) is 9.79. The molecule has 1 aliphatic rings. The van der Waals surface area contributed by atoms with Crippen LogP contribution in [0.15, 0.2) is 36.4 Å². The van der Waals surface area contributed by atoms with E-state index in [4.69, 9.17) is 0 Å². The minimum atomic E-state index is 0. The van der Waals surface area contributed by atoms with E-state index in [0.29, 0.717) is 0 Å². The van der Waals surface area contributed by atoms with Crippen LogP contribution in [0, 0.1) is 26.7 Å². The van der Waals surface area contributed by atoms with E-state index in [0.717, 1.165) is 11.8 Å². The molecule has 0 aromatic heterocycles. The van der Waals surface area contributed by atoms with E-state index >= 15 is 0 Å². The summed E-state index contributed by atoms with van der Waals surface area (Å²) in [7, 11) is 0. The average Bonchev–Trinajstić information content (AvgIpc) is 2.55. The number of rotatable bonds is 0. The summed E-state index contributed by atoms with van der Waals surface area (Å²) in [4.78, 5) is 0. The zero-order chi connectivity index (χ0) is 16.2. The van der Waals surface area contributed by atoms with Crippen molar-refractivity contribution in [3.63, 3.8) is 0 Å². The summed E-state index contributed by atoms with van der Waals surface area (Å²) < 4.78 is 0. The van der Waals surface area contributed by atoms with Gasteiger partial charge in [0.25, 0.3) is 0 Å². The van der Waals surface area contributed by atoms with Crippen LogP contribution in [-0.2, 0) is 98.1 Å². The van der Waals surface area contributed by atoms with E-state index in [1.807, 2.05) is 77.9 Å². The van der Waals surface area contributed by atoms with E-state index in [-0.39, 0.29) is 113 Å². The van der Waals surface area contributed by atoms with Gasteiger partial charge in [-0.25, -0.2) is 0 Å². The Labute approximate surface area is 238 Å². The minimum Gasteiger partial charge on any atom is -0.358 e. The van der Waals surface area contributed by atoms with Gasteiger partial charge in [-0.2, -0.15) is 0 Å². The standard InChI is InChI=1S/C8H16.C6H6.3C2H6.2CH3.3Y/c1-7-4-3-5-8(2)6-7;1-2-4-6-5-3-1;3*1-2;;;;;/h7-8H,3-6H2,1-2H3;1-6H;3*1-2H3;2*1H3;;;/q;;;;;2*-1;;;/t7-,8+;;;;;;;;;. The van der Waals surface area contributed by atoms with Gasteiger partial charge in [0, 0.05) is 98.1 Å². The summed E-state index contributed by atoms with van der Waals surface area (Å²) in [6, 6.07) is 12.0. The fourth-order valence-electron chi connectivity index (χ4n) is 2.12. The summed E-state index contributed by atoms with van der Waals surface area (Å²) >= 11 is 0. The molecule has 1 aliphatic carbocycles. The van der Waals surface area contributed by atoms with Crippen LogP contribution in [0.2, 0.25) is 0 Å². The molecule has 0 spiro atoms. The van der Waals surface area contributed by atoms with Crippen molar-refractivity contribution in [2.24, 2.45) is 11.8 Å². The molecule has 145 valence electrons. The Morgan fingerprint density at radius 1 is 0.520 bits per heavy atom. The molecule has 1 aromatic rings. The Hall–Kier alpha value is 2.53. The zero-order valence-electron chi connectivity index (χ0n) is 19.2. The van der Waals surface area contributed by atoms with Crippen LogP contribution in [0.3, 0.4) is 0 Å². The van der Waals surface area contributed by atoms with Crippen molar-refractivity contribution in [2.45, 2.75) is 81.1 Å². The van der Waals surface area contributed by atoms with E-state index < -0.39 is 0 Å². The molecule has 1 aromatic carbocycles. The third-order valence-corrected chi connectivity index (χ3v) is 2.87. The first kappa shape index (κ1) is 50.8. The first-order valence-corrected chi connectivity index (χ1v) is 8.79. The van der Waals surface area contributed by atoms with Crippen LogP contribution in [0.25, 0.3) is 0 Å². The van der Waals surface area contributed by atoms with Crippen molar-refractivity contribution in [3.8, 4) is 0 Å². The van der Waals surface area contributed by atoms with Crippen LogP contribution >= 0.6 is 0 Å². The molecule has 1 saturated carbocycles. The second-order valence-electron chi connectivity index (χ2n) is 4.53. The Balaban J connectivity index is -0.0000000260. The fourth-order valence-corrected chi connectivity index (χ4v) is 2.12. The van der Waals surface area contributed by atoms with Gasteiger partial charge in [-0.1, -0.05) is 111 Å². The van der Waals surface area contributed by atoms with Gasteiger partial charge in [0.05, 0.1) is 0 Å². The molecule has 3 heteroatoms. The molecule has 0 bridgehead atoms. The predicted molar refractivity (Wildman–Crippen MR) is 110 cm³/mol. The van der Waals surface area contributed by atoms with Crippen molar-refractivity contribution in [2.75, 3.05) is 0 Å². The molecule has 0 heterocycles. The zero-order valence-corrected chi connectivity index (χ0v) is 27.7. The van der Waals surface area contributed by atoms with Crippen LogP contribution in [-0.4, -0.2) is 0 Å². The molecule has 0 N–H and O–H groups in total. The molecular weight excluding hydrogens is 531 g/mol. The summed E-state index contributed by atoms with van der Waals surface area (Å²) in [5.41, 5.74) is 0. The average molecular weight is 577 g/mol. The summed E-state index contributed by atoms with van der Waals surface area (Å²) in [5, 5.41) is 0. The molecular formula is C22H46Y3-2. The Morgan fingerprint density at radius 2 is 0.720 bits per heavy atom. The fraction of sp³-hybridized carbons (Fsp3) is 0.636. The molecule has 0 nitrogen and oxygen atoms in total. The van der Waals surface area contributed by atoms with Crippen LogP contribution in [0.4, 0.5) is 0 Å².